The number of hydrogen-bond acceptors (Lipinski definition) is 4. The van der Waals surface area contributed by atoms with E-state index in [1.54, 1.807) is 6.07 Å². The molecule has 0 aliphatic rings. The molecule has 88 valence electrons. The van der Waals surface area contributed by atoms with Crippen LogP contribution in [0, 0.1) is 5.41 Å². The highest BCUT2D eigenvalue weighted by molar-refractivity contribution is 9.10. The molecule has 0 aromatic carbocycles. The average molecular weight is 306 g/mol. The Bertz CT molecular complexity index is 414. The van der Waals surface area contributed by atoms with Crippen LogP contribution in [0.15, 0.2) is 15.9 Å². The van der Waals surface area contributed by atoms with Crippen LogP contribution in [-0.2, 0) is 14.3 Å². The first-order valence-electron chi connectivity index (χ1n) is 4.52. The van der Waals surface area contributed by atoms with Gasteiger partial charge in [-0.25, -0.2) is 0 Å². The summed E-state index contributed by atoms with van der Waals surface area (Å²) in [6, 6.07) is 1.77. The van der Waals surface area contributed by atoms with Crippen LogP contribution in [0.3, 0.4) is 0 Å². The average Bonchev–Trinajstić information content (AvgIpc) is 2.62. The lowest BCUT2D eigenvalue weighted by atomic mass is 9.92. The van der Waals surface area contributed by atoms with Gasteiger partial charge in [0.25, 0.3) is 0 Å². The van der Waals surface area contributed by atoms with Crippen molar-refractivity contribution in [1.82, 2.24) is 0 Å². The van der Waals surface area contributed by atoms with Crippen molar-refractivity contribution in [2.75, 3.05) is 12.4 Å². The zero-order chi connectivity index (χ0) is 12.3. The van der Waals surface area contributed by atoms with Gasteiger partial charge >= 0.3 is 5.97 Å². The standard InChI is InChI=1S/C10H12BrNO3S/c1-10(2,9(14)15-3)8(13)12-7-4-6(11)5-16-7/h4-5H,1-3H3,(H,12,13). The summed E-state index contributed by atoms with van der Waals surface area (Å²) in [5.41, 5.74) is -1.19. The van der Waals surface area contributed by atoms with E-state index in [1.165, 1.54) is 32.3 Å². The first-order chi connectivity index (χ1) is 7.37. The first kappa shape index (κ1) is 13.2. The number of rotatable bonds is 3. The Kier molecular flexibility index (Phi) is 4.09. The van der Waals surface area contributed by atoms with Crippen molar-refractivity contribution in [2.24, 2.45) is 5.41 Å². The van der Waals surface area contributed by atoms with E-state index in [0.29, 0.717) is 5.00 Å². The molecule has 1 rings (SSSR count). The summed E-state index contributed by atoms with van der Waals surface area (Å²) in [4.78, 5) is 23.2. The molecule has 1 N–H and O–H groups in total. The number of esters is 1. The molecule has 0 spiro atoms. The van der Waals surface area contributed by atoms with Crippen LogP contribution in [0.2, 0.25) is 0 Å². The fourth-order valence-electron chi connectivity index (χ4n) is 0.995. The summed E-state index contributed by atoms with van der Waals surface area (Å²) in [6.45, 7) is 3.05. The largest absolute Gasteiger partial charge is 0.468 e. The predicted molar refractivity (Wildman–Crippen MR) is 66.4 cm³/mol. The maximum Gasteiger partial charge on any atom is 0.320 e. The minimum absolute atomic E-state index is 0.381. The van der Waals surface area contributed by atoms with Gasteiger partial charge in [-0.2, -0.15) is 0 Å². The summed E-state index contributed by atoms with van der Waals surface area (Å²) >= 11 is 4.66. The molecule has 1 aromatic heterocycles. The molecule has 0 saturated heterocycles. The van der Waals surface area contributed by atoms with E-state index >= 15 is 0 Å². The predicted octanol–water partition coefficient (Wildman–Crippen LogP) is 2.65. The normalized spacial score (nSPS) is 11.0. The maximum atomic E-state index is 11.8. The van der Waals surface area contributed by atoms with Gasteiger partial charge in [0.2, 0.25) is 5.91 Å². The van der Waals surface area contributed by atoms with Crippen molar-refractivity contribution < 1.29 is 14.3 Å². The number of thiophene rings is 1. The van der Waals surface area contributed by atoms with Crippen LogP contribution in [0.25, 0.3) is 0 Å². The fourth-order valence-corrected chi connectivity index (χ4v) is 2.31. The number of anilines is 1. The van der Waals surface area contributed by atoms with Crippen molar-refractivity contribution in [2.45, 2.75) is 13.8 Å². The van der Waals surface area contributed by atoms with Gasteiger partial charge in [-0.05, 0) is 35.8 Å². The first-order valence-corrected chi connectivity index (χ1v) is 6.19. The summed E-state index contributed by atoms with van der Waals surface area (Å²) in [7, 11) is 1.26. The van der Waals surface area contributed by atoms with Crippen LogP contribution >= 0.6 is 27.3 Å². The smallest absolute Gasteiger partial charge is 0.320 e. The van der Waals surface area contributed by atoms with Crippen LogP contribution in [0.5, 0.6) is 0 Å². The van der Waals surface area contributed by atoms with Crippen molar-refractivity contribution in [1.29, 1.82) is 0 Å². The van der Waals surface area contributed by atoms with Crippen molar-refractivity contribution in [3.05, 3.63) is 15.9 Å². The molecule has 0 aliphatic carbocycles. The Morgan fingerprint density at radius 3 is 2.56 bits per heavy atom. The second kappa shape index (κ2) is 4.97. The van der Waals surface area contributed by atoms with Gasteiger partial charge in [-0.1, -0.05) is 0 Å². The lowest BCUT2D eigenvalue weighted by Gasteiger charge is -2.19. The molecule has 1 aromatic rings. The number of methoxy groups -OCH3 is 1. The zero-order valence-corrected chi connectivity index (χ0v) is 11.6. The SMILES string of the molecule is COC(=O)C(C)(C)C(=O)Nc1cc(Br)cs1. The second-order valence-electron chi connectivity index (χ2n) is 3.70. The Labute approximate surface area is 106 Å². The fraction of sp³-hybridized carbons (Fsp3) is 0.400. The summed E-state index contributed by atoms with van der Waals surface area (Å²) < 4.78 is 5.47. The minimum atomic E-state index is -1.19. The minimum Gasteiger partial charge on any atom is -0.468 e. The molecule has 6 heteroatoms. The zero-order valence-electron chi connectivity index (χ0n) is 9.17. The van der Waals surface area contributed by atoms with Gasteiger partial charge in [-0.3, -0.25) is 9.59 Å². The molecule has 0 aliphatic heterocycles. The monoisotopic (exact) mass is 305 g/mol. The van der Waals surface area contributed by atoms with Crippen molar-refractivity contribution >= 4 is 44.1 Å². The van der Waals surface area contributed by atoms with Crippen LogP contribution in [0.1, 0.15) is 13.8 Å². The maximum absolute atomic E-state index is 11.8. The van der Waals surface area contributed by atoms with Gasteiger partial charge in [0.15, 0.2) is 0 Å². The van der Waals surface area contributed by atoms with Gasteiger partial charge < -0.3 is 10.1 Å². The molecule has 16 heavy (non-hydrogen) atoms. The molecule has 0 unspecified atom stereocenters. The van der Waals surface area contributed by atoms with E-state index in [1.807, 2.05) is 5.38 Å². The lowest BCUT2D eigenvalue weighted by Crippen LogP contribution is -2.38. The van der Waals surface area contributed by atoms with Gasteiger partial charge in [-0.15, -0.1) is 11.3 Å². The van der Waals surface area contributed by atoms with E-state index < -0.39 is 11.4 Å². The molecule has 0 saturated carbocycles. The Hall–Kier alpha value is -0.880. The highest BCUT2D eigenvalue weighted by Crippen LogP contribution is 2.27. The Balaban J connectivity index is 2.75. The molecule has 4 nitrogen and oxygen atoms in total. The molecule has 1 amide bonds. The third-order valence-electron chi connectivity index (χ3n) is 2.07. The van der Waals surface area contributed by atoms with Crippen LogP contribution < -0.4 is 5.32 Å². The van der Waals surface area contributed by atoms with Crippen molar-refractivity contribution in [3.8, 4) is 0 Å². The molecule has 0 fully saturated rings. The third kappa shape index (κ3) is 2.82. The molecule has 0 bridgehead atoms. The highest BCUT2D eigenvalue weighted by atomic mass is 79.9. The van der Waals surface area contributed by atoms with E-state index in [9.17, 15) is 9.59 Å². The Morgan fingerprint density at radius 2 is 2.12 bits per heavy atom. The van der Waals surface area contributed by atoms with Gasteiger partial charge in [0, 0.05) is 9.85 Å². The van der Waals surface area contributed by atoms with E-state index in [4.69, 9.17) is 0 Å². The number of amides is 1. The van der Waals surface area contributed by atoms with E-state index in [0.717, 1.165) is 4.47 Å². The molecular formula is C10H12BrNO3S. The lowest BCUT2D eigenvalue weighted by molar-refractivity contribution is -0.154. The second-order valence-corrected chi connectivity index (χ2v) is 5.53. The van der Waals surface area contributed by atoms with Crippen LogP contribution in [-0.4, -0.2) is 19.0 Å². The van der Waals surface area contributed by atoms with Crippen molar-refractivity contribution in [3.63, 3.8) is 0 Å². The number of nitrogens with one attached hydrogen (secondary N) is 1. The summed E-state index contributed by atoms with van der Waals surface area (Å²) in [6.07, 6.45) is 0. The summed E-state index contributed by atoms with van der Waals surface area (Å²) in [5, 5.41) is 5.20. The molecular weight excluding hydrogens is 294 g/mol. The number of hydrogen-bond donors (Lipinski definition) is 1. The Morgan fingerprint density at radius 1 is 1.50 bits per heavy atom. The number of ether oxygens (including phenoxy) is 1. The molecule has 1 heterocycles. The van der Waals surface area contributed by atoms with E-state index in [-0.39, 0.29) is 5.91 Å². The summed E-state index contributed by atoms with van der Waals surface area (Å²) in [5.74, 6) is -0.936. The molecule has 0 atom stereocenters. The highest BCUT2D eigenvalue weighted by Gasteiger charge is 2.37. The topological polar surface area (TPSA) is 55.4 Å². The number of carbonyl (C=O) groups excluding carboxylic acids is 2. The van der Waals surface area contributed by atoms with E-state index in [2.05, 4.69) is 26.0 Å². The number of halogens is 1. The third-order valence-corrected chi connectivity index (χ3v) is 3.67. The quantitative estimate of drug-likeness (QED) is 0.690. The molecule has 0 radical (unpaired) electrons. The van der Waals surface area contributed by atoms with Gasteiger partial charge in [0.05, 0.1) is 12.1 Å². The number of carbonyl (C=O) groups is 2. The van der Waals surface area contributed by atoms with Crippen LogP contribution in [0.4, 0.5) is 5.00 Å². The van der Waals surface area contributed by atoms with Gasteiger partial charge in [0.1, 0.15) is 5.41 Å².